The molecule has 0 unspecified atom stereocenters. The van der Waals surface area contributed by atoms with E-state index in [0.29, 0.717) is 28.4 Å². The first-order valence-electron chi connectivity index (χ1n) is 12.4. The molecule has 2 N–H and O–H groups in total. The largest absolute Gasteiger partial charge is 0.495 e. The Morgan fingerprint density at radius 1 is 0.641 bits per heavy atom. The van der Waals surface area contributed by atoms with Gasteiger partial charge in [0.1, 0.15) is 17.2 Å². The van der Waals surface area contributed by atoms with E-state index in [1.807, 2.05) is 83.1 Å². The zero-order valence-corrected chi connectivity index (χ0v) is 23.1. The molecule has 0 saturated carbocycles. The molecular weight excluding hydrogens is 496 g/mol. The van der Waals surface area contributed by atoms with E-state index in [4.69, 9.17) is 14.2 Å². The number of amides is 2. The number of carbonyl (C=O) groups is 2. The zero-order valence-electron chi connectivity index (χ0n) is 23.1. The van der Waals surface area contributed by atoms with Crippen LogP contribution in [0.25, 0.3) is 0 Å². The van der Waals surface area contributed by atoms with Gasteiger partial charge in [-0.1, -0.05) is 12.1 Å². The van der Waals surface area contributed by atoms with Crippen LogP contribution in [0.3, 0.4) is 0 Å². The number of nitrogens with one attached hydrogen (secondary N) is 2. The summed E-state index contributed by atoms with van der Waals surface area (Å²) in [5.41, 5.74) is 11.3. The Morgan fingerprint density at radius 3 is 1.36 bits per heavy atom. The summed E-state index contributed by atoms with van der Waals surface area (Å²) in [5.74, 6) is 0.934. The first-order valence-corrected chi connectivity index (χ1v) is 12.4. The molecule has 9 heteroatoms. The molecule has 0 radical (unpaired) electrons. The summed E-state index contributed by atoms with van der Waals surface area (Å²) < 4.78 is 16.7. The van der Waals surface area contributed by atoms with Crippen LogP contribution in [0.1, 0.15) is 38.9 Å². The van der Waals surface area contributed by atoms with Crippen LogP contribution < -0.4 is 25.1 Å². The minimum Gasteiger partial charge on any atom is -0.495 e. The van der Waals surface area contributed by atoms with E-state index in [1.54, 1.807) is 0 Å². The first-order chi connectivity index (χ1) is 18.6. The van der Waals surface area contributed by atoms with E-state index in [9.17, 15) is 9.59 Å². The molecule has 0 aliphatic heterocycles. The highest BCUT2D eigenvalue weighted by Crippen LogP contribution is 2.23. The van der Waals surface area contributed by atoms with Crippen LogP contribution in [-0.4, -0.2) is 44.6 Å². The smallest absolute Gasteiger partial charge is 0.277 e. The number of rotatable bonds is 11. The van der Waals surface area contributed by atoms with Gasteiger partial charge in [-0.15, -0.1) is 0 Å². The minimum atomic E-state index is -0.399. The molecular formula is C30H34N4O5. The first kappa shape index (κ1) is 28.9. The molecule has 0 aliphatic rings. The lowest BCUT2D eigenvalue weighted by Crippen LogP contribution is -2.24. The molecule has 3 rings (SSSR count). The van der Waals surface area contributed by atoms with Crippen LogP contribution >= 0.6 is 0 Å². The van der Waals surface area contributed by atoms with Crippen LogP contribution in [0, 0.1) is 34.6 Å². The van der Waals surface area contributed by atoms with Crippen molar-refractivity contribution in [1.29, 1.82) is 0 Å². The van der Waals surface area contributed by atoms with Crippen molar-refractivity contribution in [3.05, 3.63) is 87.5 Å². The second-order valence-corrected chi connectivity index (χ2v) is 9.29. The van der Waals surface area contributed by atoms with Gasteiger partial charge in [0.2, 0.25) is 0 Å². The van der Waals surface area contributed by atoms with Crippen molar-refractivity contribution in [3.63, 3.8) is 0 Å². The summed E-state index contributed by atoms with van der Waals surface area (Å²) >= 11 is 0. The van der Waals surface area contributed by atoms with E-state index in [-0.39, 0.29) is 13.2 Å². The van der Waals surface area contributed by atoms with Crippen molar-refractivity contribution in [2.45, 2.75) is 34.6 Å². The second-order valence-electron chi connectivity index (χ2n) is 9.29. The summed E-state index contributed by atoms with van der Waals surface area (Å²) in [7, 11) is 1.52. The van der Waals surface area contributed by atoms with Crippen molar-refractivity contribution in [2.75, 3.05) is 20.3 Å². The number of hydrazone groups is 2. The van der Waals surface area contributed by atoms with E-state index < -0.39 is 11.8 Å². The maximum Gasteiger partial charge on any atom is 0.277 e. The number of carbonyl (C=O) groups excluding carboxylic acids is 2. The lowest BCUT2D eigenvalue weighted by atomic mass is 10.1. The monoisotopic (exact) mass is 530 g/mol. The van der Waals surface area contributed by atoms with Crippen molar-refractivity contribution in [3.8, 4) is 17.2 Å². The molecule has 204 valence electrons. The molecule has 3 aromatic carbocycles. The number of methoxy groups -OCH3 is 1. The number of aryl methyl sites for hydroxylation is 5. The standard InChI is InChI=1S/C30H34N4O5/c1-19-7-20(2)12-26(11-19)38-17-28(35)33-31-15-24-9-23(5)10-25(30(24)37-6)16-32-34-29(36)18-39-27-13-21(3)8-22(4)14-27/h7-16H,17-18H2,1-6H3,(H,33,35)(H,34,36)/b31-15-,32-16-. The summed E-state index contributed by atoms with van der Waals surface area (Å²) in [5, 5.41) is 8.08. The van der Waals surface area contributed by atoms with Crippen LogP contribution in [0.2, 0.25) is 0 Å². The SMILES string of the molecule is COc1c(/C=N\NC(=O)COc2cc(C)cc(C)c2)cc(C)cc1/C=N\NC(=O)COc1cc(C)cc(C)c1. The predicted molar refractivity (Wildman–Crippen MR) is 152 cm³/mol. The fourth-order valence-electron chi connectivity index (χ4n) is 4.00. The molecule has 2 amide bonds. The van der Waals surface area contributed by atoms with Gasteiger partial charge in [0.25, 0.3) is 11.8 Å². The molecule has 0 aromatic heterocycles. The van der Waals surface area contributed by atoms with E-state index >= 15 is 0 Å². The maximum atomic E-state index is 12.2. The van der Waals surface area contributed by atoms with Crippen LogP contribution in [0.5, 0.6) is 17.2 Å². The summed E-state index contributed by atoms with van der Waals surface area (Å²) in [6, 6.07) is 15.2. The number of nitrogens with zero attached hydrogens (tertiary/aromatic N) is 2. The number of hydrogen-bond donors (Lipinski definition) is 2. The van der Waals surface area contributed by atoms with E-state index in [1.165, 1.54) is 19.5 Å². The van der Waals surface area contributed by atoms with Gasteiger partial charge >= 0.3 is 0 Å². The van der Waals surface area contributed by atoms with Gasteiger partial charge in [0.15, 0.2) is 13.2 Å². The number of ether oxygens (including phenoxy) is 3. The number of benzene rings is 3. The molecule has 9 nitrogen and oxygen atoms in total. The Kier molecular flexibility index (Phi) is 10.2. The molecule has 0 spiro atoms. The summed E-state index contributed by atoms with van der Waals surface area (Å²) in [6.07, 6.45) is 2.96. The Morgan fingerprint density at radius 2 is 1.00 bits per heavy atom. The topological polar surface area (TPSA) is 111 Å². The molecule has 0 fully saturated rings. The van der Waals surface area contributed by atoms with Crippen LogP contribution in [-0.2, 0) is 9.59 Å². The third kappa shape index (κ3) is 9.30. The molecule has 0 saturated heterocycles. The average molecular weight is 531 g/mol. The Bertz CT molecular complexity index is 1260. The molecule has 0 atom stereocenters. The second kappa shape index (κ2) is 13.8. The number of hydrogen-bond acceptors (Lipinski definition) is 7. The fourth-order valence-corrected chi connectivity index (χ4v) is 4.00. The highest BCUT2D eigenvalue weighted by molar-refractivity contribution is 5.93. The van der Waals surface area contributed by atoms with Gasteiger partial charge < -0.3 is 14.2 Å². The highest BCUT2D eigenvalue weighted by Gasteiger charge is 2.09. The van der Waals surface area contributed by atoms with Gasteiger partial charge in [0, 0.05) is 11.1 Å². The molecule has 0 heterocycles. The zero-order chi connectivity index (χ0) is 28.4. The average Bonchev–Trinajstić information content (AvgIpc) is 2.85. The molecule has 0 aliphatic carbocycles. The predicted octanol–water partition coefficient (Wildman–Crippen LogP) is 4.30. The van der Waals surface area contributed by atoms with Gasteiger partial charge in [-0.2, -0.15) is 10.2 Å². The highest BCUT2D eigenvalue weighted by atomic mass is 16.5. The van der Waals surface area contributed by atoms with Crippen molar-refractivity contribution in [1.82, 2.24) is 10.9 Å². The minimum absolute atomic E-state index is 0.171. The van der Waals surface area contributed by atoms with Gasteiger partial charge in [0.05, 0.1) is 19.5 Å². The quantitative estimate of drug-likeness (QED) is 0.284. The normalized spacial score (nSPS) is 11.0. The van der Waals surface area contributed by atoms with E-state index in [0.717, 1.165) is 27.8 Å². The van der Waals surface area contributed by atoms with Gasteiger partial charge in [-0.3, -0.25) is 9.59 Å². The van der Waals surface area contributed by atoms with Crippen molar-refractivity contribution < 1.29 is 23.8 Å². The molecule has 3 aromatic rings. The van der Waals surface area contributed by atoms with Crippen molar-refractivity contribution >= 4 is 24.2 Å². The molecule has 39 heavy (non-hydrogen) atoms. The van der Waals surface area contributed by atoms with E-state index in [2.05, 4.69) is 21.1 Å². The molecule has 0 bridgehead atoms. The lowest BCUT2D eigenvalue weighted by molar-refractivity contribution is -0.123. The summed E-state index contributed by atoms with van der Waals surface area (Å²) in [4.78, 5) is 24.4. The van der Waals surface area contributed by atoms with Crippen LogP contribution in [0.15, 0.2) is 58.7 Å². The third-order valence-electron chi connectivity index (χ3n) is 5.41. The lowest BCUT2D eigenvalue weighted by Gasteiger charge is -2.10. The Balaban J connectivity index is 1.57. The third-order valence-corrected chi connectivity index (χ3v) is 5.41. The fraction of sp³-hybridized carbons (Fsp3) is 0.267. The van der Waals surface area contributed by atoms with Gasteiger partial charge in [-0.25, -0.2) is 10.9 Å². The van der Waals surface area contributed by atoms with Gasteiger partial charge in [-0.05, 0) is 98.8 Å². The Labute approximate surface area is 228 Å². The maximum absolute atomic E-state index is 12.2. The Hall–Kier alpha value is -4.66. The van der Waals surface area contributed by atoms with Crippen LogP contribution in [0.4, 0.5) is 0 Å². The summed E-state index contributed by atoms with van der Waals surface area (Å²) in [6.45, 7) is 9.43. The van der Waals surface area contributed by atoms with Crippen molar-refractivity contribution in [2.24, 2.45) is 10.2 Å².